The standard InChI is InChI=1S/C10H11FN2O3/c1-3-12(7(2)14)8-4-5-9(11)10(6-8)13(15)16/h4-6H,3H2,1-2H3. The minimum atomic E-state index is -0.909. The van der Waals surface area contributed by atoms with Crippen molar-refractivity contribution < 1.29 is 14.1 Å². The average Bonchev–Trinajstić information content (AvgIpc) is 2.20. The van der Waals surface area contributed by atoms with Crippen LogP contribution >= 0.6 is 0 Å². The van der Waals surface area contributed by atoms with Gasteiger partial charge < -0.3 is 4.90 Å². The molecular weight excluding hydrogens is 215 g/mol. The maximum atomic E-state index is 13.0. The summed E-state index contributed by atoms with van der Waals surface area (Å²) >= 11 is 0. The predicted octanol–water partition coefficient (Wildman–Crippen LogP) is 2.11. The van der Waals surface area contributed by atoms with Crippen LogP contribution in [0.15, 0.2) is 18.2 Å². The SMILES string of the molecule is CCN(C(C)=O)c1ccc(F)c([N+](=O)[O-])c1. The Morgan fingerprint density at radius 1 is 1.56 bits per heavy atom. The van der Waals surface area contributed by atoms with Gasteiger partial charge in [0.2, 0.25) is 11.7 Å². The monoisotopic (exact) mass is 226 g/mol. The number of hydrogen-bond acceptors (Lipinski definition) is 3. The molecule has 1 aromatic rings. The van der Waals surface area contributed by atoms with Crippen molar-refractivity contribution in [3.8, 4) is 0 Å². The van der Waals surface area contributed by atoms with E-state index in [0.717, 1.165) is 12.1 Å². The number of anilines is 1. The van der Waals surface area contributed by atoms with Crippen LogP contribution in [0.1, 0.15) is 13.8 Å². The predicted molar refractivity (Wildman–Crippen MR) is 56.8 cm³/mol. The first-order chi connectivity index (χ1) is 7.47. The molecule has 0 spiro atoms. The molecule has 5 nitrogen and oxygen atoms in total. The van der Waals surface area contributed by atoms with E-state index in [2.05, 4.69) is 0 Å². The highest BCUT2D eigenvalue weighted by Gasteiger charge is 2.18. The highest BCUT2D eigenvalue weighted by Crippen LogP contribution is 2.24. The van der Waals surface area contributed by atoms with Crippen LogP contribution in [0.4, 0.5) is 15.8 Å². The molecule has 0 fully saturated rings. The van der Waals surface area contributed by atoms with Gasteiger partial charge in [0, 0.05) is 19.5 Å². The molecule has 0 N–H and O–H groups in total. The number of rotatable bonds is 3. The first-order valence-corrected chi connectivity index (χ1v) is 4.69. The van der Waals surface area contributed by atoms with Crippen LogP contribution in [0.5, 0.6) is 0 Å². The van der Waals surface area contributed by atoms with Crippen molar-refractivity contribution in [3.63, 3.8) is 0 Å². The van der Waals surface area contributed by atoms with Gasteiger partial charge in [-0.15, -0.1) is 0 Å². The van der Waals surface area contributed by atoms with Gasteiger partial charge in [-0.25, -0.2) is 0 Å². The molecule has 0 bridgehead atoms. The lowest BCUT2D eigenvalue weighted by molar-refractivity contribution is -0.387. The number of nitro benzene ring substituents is 1. The van der Waals surface area contributed by atoms with E-state index in [4.69, 9.17) is 0 Å². The van der Waals surface area contributed by atoms with E-state index in [1.54, 1.807) is 6.92 Å². The molecule has 1 amide bonds. The normalized spacial score (nSPS) is 9.94. The molecule has 0 atom stereocenters. The molecule has 0 aliphatic heterocycles. The Balaban J connectivity index is 3.21. The molecule has 0 aromatic heterocycles. The Morgan fingerprint density at radius 3 is 2.62 bits per heavy atom. The number of carbonyl (C=O) groups is 1. The second kappa shape index (κ2) is 4.69. The largest absolute Gasteiger partial charge is 0.313 e. The summed E-state index contributed by atoms with van der Waals surface area (Å²) in [6.45, 7) is 3.45. The fourth-order valence-corrected chi connectivity index (χ4v) is 1.40. The molecule has 0 saturated carbocycles. The van der Waals surface area contributed by atoms with Crippen LogP contribution in [0.3, 0.4) is 0 Å². The second-order valence-electron chi connectivity index (χ2n) is 3.16. The first-order valence-electron chi connectivity index (χ1n) is 4.69. The molecule has 86 valence electrons. The zero-order valence-corrected chi connectivity index (χ0v) is 8.94. The number of benzene rings is 1. The van der Waals surface area contributed by atoms with Gasteiger partial charge >= 0.3 is 5.69 Å². The molecular formula is C10H11FN2O3. The summed E-state index contributed by atoms with van der Waals surface area (Å²) in [5.74, 6) is -1.16. The third-order valence-corrected chi connectivity index (χ3v) is 2.13. The highest BCUT2D eigenvalue weighted by molar-refractivity contribution is 5.91. The molecule has 0 aliphatic rings. The molecule has 1 aromatic carbocycles. The van der Waals surface area contributed by atoms with Crippen molar-refractivity contribution in [1.82, 2.24) is 0 Å². The summed E-state index contributed by atoms with van der Waals surface area (Å²) in [5.41, 5.74) is -0.305. The highest BCUT2D eigenvalue weighted by atomic mass is 19.1. The Kier molecular flexibility index (Phi) is 3.55. The van der Waals surface area contributed by atoms with Crippen molar-refractivity contribution in [1.29, 1.82) is 0 Å². The Morgan fingerprint density at radius 2 is 2.19 bits per heavy atom. The van der Waals surface area contributed by atoms with E-state index in [1.807, 2.05) is 0 Å². The fraction of sp³-hybridized carbons (Fsp3) is 0.300. The topological polar surface area (TPSA) is 63.5 Å². The van der Waals surface area contributed by atoms with E-state index in [9.17, 15) is 19.3 Å². The van der Waals surface area contributed by atoms with Crippen LogP contribution in [0.25, 0.3) is 0 Å². The van der Waals surface area contributed by atoms with Gasteiger partial charge in [0.15, 0.2) is 0 Å². The Labute approximate surface area is 91.6 Å². The van der Waals surface area contributed by atoms with Crippen molar-refractivity contribution in [3.05, 3.63) is 34.1 Å². The average molecular weight is 226 g/mol. The van der Waals surface area contributed by atoms with E-state index in [1.165, 1.54) is 17.9 Å². The smallest absolute Gasteiger partial charge is 0.306 e. The molecule has 1 rings (SSSR count). The number of amides is 1. The molecule has 0 saturated heterocycles. The molecule has 6 heteroatoms. The second-order valence-corrected chi connectivity index (χ2v) is 3.16. The maximum Gasteiger partial charge on any atom is 0.306 e. The van der Waals surface area contributed by atoms with E-state index in [-0.39, 0.29) is 5.91 Å². The van der Waals surface area contributed by atoms with Gasteiger partial charge in [0.1, 0.15) is 0 Å². The van der Waals surface area contributed by atoms with Crippen LogP contribution in [0.2, 0.25) is 0 Å². The lowest BCUT2D eigenvalue weighted by Crippen LogP contribution is -2.27. The zero-order valence-electron chi connectivity index (χ0n) is 8.94. The zero-order chi connectivity index (χ0) is 12.3. The maximum absolute atomic E-state index is 13.0. The van der Waals surface area contributed by atoms with Gasteiger partial charge in [0.25, 0.3) is 0 Å². The number of nitro groups is 1. The van der Waals surface area contributed by atoms with Crippen molar-refractivity contribution in [2.45, 2.75) is 13.8 Å². The molecule has 0 unspecified atom stereocenters. The third-order valence-electron chi connectivity index (χ3n) is 2.13. The van der Waals surface area contributed by atoms with Crippen LogP contribution < -0.4 is 4.90 Å². The van der Waals surface area contributed by atoms with Crippen molar-refractivity contribution >= 4 is 17.3 Å². The molecule has 16 heavy (non-hydrogen) atoms. The lowest BCUT2D eigenvalue weighted by Gasteiger charge is -2.18. The van der Waals surface area contributed by atoms with E-state index < -0.39 is 16.4 Å². The minimum absolute atomic E-state index is 0.247. The minimum Gasteiger partial charge on any atom is -0.313 e. The summed E-state index contributed by atoms with van der Waals surface area (Å²) in [4.78, 5) is 22.2. The van der Waals surface area contributed by atoms with Crippen molar-refractivity contribution in [2.75, 3.05) is 11.4 Å². The summed E-state index contributed by atoms with van der Waals surface area (Å²) in [6.07, 6.45) is 0. The van der Waals surface area contributed by atoms with Gasteiger partial charge in [0.05, 0.1) is 10.6 Å². The molecule has 0 heterocycles. The molecule has 0 radical (unpaired) electrons. The lowest BCUT2D eigenvalue weighted by atomic mass is 10.2. The third kappa shape index (κ3) is 2.33. The summed E-state index contributed by atoms with van der Waals surface area (Å²) in [7, 11) is 0. The van der Waals surface area contributed by atoms with Crippen LogP contribution in [0, 0.1) is 15.9 Å². The van der Waals surface area contributed by atoms with E-state index in [0.29, 0.717) is 12.2 Å². The number of carbonyl (C=O) groups excluding carboxylic acids is 1. The number of nitrogens with zero attached hydrogens (tertiary/aromatic N) is 2. The fourth-order valence-electron chi connectivity index (χ4n) is 1.40. The van der Waals surface area contributed by atoms with Crippen molar-refractivity contribution in [2.24, 2.45) is 0 Å². The van der Waals surface area contributed by atoms with Crippen LogP contribution in [-0.2, 0) is 4.79 Å². The Hall–Kier alpha value is -1.98. The number of halogens is 1. The molecule has 0 aliphatic carbocycles. The number of hydrogen-bond donors (Lipinski definition) is 0. The first kappa shape index (κ1) is 12.1. The van der Waals surface area contributed by atoms with Gasteiger partial charge in [-0.2, -0.15) is 4.39 Å². The Bertz CT molecular complexity index is 434. The van der Waals surface area contributed by atoms with Gasteiger partial charge in [-0.1, -0.05) is 0 Å². The van der Waals surface area contributed by atoms with E-state index >= 15 is 0 Å². The summed E-state index contributed by atoms with van der Waals surface area (Å²) in [6, 6.07) is 3.38. The van der Waals surface area contributed by atoms with Crippen LogP contribution in [-0.4, -0.2) is 17.4 Å². The summed E-state index contributed by atoms with van der Waals surface area (Å²) in [5, 5.41) is 10.5. The summed E-state index contributed by atoms with van der Waals surface area (Å²) < 4.78 is 13.0. The van der Waals surface area contributed by atoms with Gasteiger partial charge in [-0.3, -0.25) is 14.9 Å². The van der Waals surface area contributed by atoms with Gasteiger partial charge in [-0.05, 0) is 19.1 Å². The quantitative estimate of drug-likeness (QED) is 0.585.